The van der Waals surface area contributed by atoms with Gasteiger partial charge in [0, 0.05) is 30.8 Å². The van der Waals surface area contributed by atoms with Gasteiger partial charge < -0.3 is 15.6 Å². The van der Waals surface area contributed by atoms with Gasteiger partial charge in [0.15, 0.2) is 4.34 Å². The lowest BCUT2D eigenvalue weighted by molar-refractivity contribution is -0.114. The Balaban J connectivity index is 1.73. The van der Waals surface area contributed by atoms with E-state index in [1.165, 1.54) is 29.4 Å². The maximum atomic E-state index is 11.1. The molecule has 0 aliphatic carbocycles. The van der Waals surface area contributed by atoms with Crippen LogP contribution in [0.25, 0.3) is 5.69 Å². The summed E-state index contributed by atoms with van der Waals surface area (Å²) in [4.78, 5) is 15.2. The highest BCUT2D eigenvalue weighted by Gasteiger charge is 2.10. The second-order valence-electron chi connectivity index (χ2n) is 5.66. The first-order valence-corrected chi connectivity index (χ1v) is 10.00. The Bertz CT molecular complexity index is 862. The fourth-order valence-electron chi connectivity index (χ4n) is 2.46. The van der Waals surface area contributed by atoms with E-state index in [0.29, 0.717) is 11.7 Å². The molecular formula is C17H20N6OS2. The first-order chi connectivity index (χ1) is 12.7. The third-order valence-corrected chi connectivity index (χ3v) is 5.70. The third-order valence-electron chi connectivity index (χ3n) is 3.68. The minimum absolute atomic E-state index is 0.142. The molecule has 2 aromatic heterocycles. The van der Waals surface area contributed by atoms with E-state index in [4.69, 9.17) is 5.73 Å². The highest BCUT2D eigenvalue weighted by Crippen LogP contribution is 2.30. The van der Waals surface area contributed by atoms with Crippen molar-refractivity contribution in [3.05, 3.63) is 48.0 Å². The topological polar surface area (TPSA) is 98.7 Å². The number of anilines is 1. The van der Waals surface area contributed by atoms with Crippen molar-refractivity contribution in [3.63, 3.8) is 0 Å². The number of benzene rings is 1. The molecular weight excluding hydrogens is 368 g/mol. The van der Waals surface area contributed by atoms with Crippen LogP contribution < -0.4 is 11.1 Å². The Morgan fingerprint density at radius 2 is 2.23 bits per heavy atom. The van der Waals surface area contributed by atoms with Crippen LogP contribution in [0.4, 0.5) is 5.13 Å². The number of amides is 1. The molecule has 0 fully saturated rings. The molecule has 7 nitrogen and oxygen atoms in total. The number of hydrogen-bond acceptors (Lipinski definition) is 7. The highest BCUT2D eigenvalue weighted by atomic mass is 32.2. The van der Waals surface area contributed by atoms with Crippen molar-refractivity contribution in [1.82, 2.24) is 19.7 Å². The number of nitrogens with one attached hydrogen (secondary N) is 1. The van der Waals surface area contributed by atoms with Gasteiger partial charge in [0.1, 0.15) is 0 Å². The summed E-state index contributed by atoms with van der Waals surface area (Å²) in [5.74, 6) is 0.649. The van der Waals surface area contributed by atoms with Gasteiger partial charge in [-0.15, -0.1) is 10.2 Å². The lowest BCUT2D eigenvalue weighted by atomic mass is 10.0. The molecule has 26 heavy (non-hydrogen) atoms. The van der Waals surface area contributed by atoms with E-state index in [1.54, 1.807) is 24.3 Å². The number of nitrogens with two attached hydrogens (primary N) is 1. The average Bonchev–Trinajstić information content (AvgIpc) is 3.30. The quantitative estimate of drug-likeness (QED) is 0.455. The van der Waals surface area contributed by atoms with Gasteiger partial charge in [-0.25, -0.2) is 4.98 Å². The average molecular weight is 389 g/mol. The predicted molar refractivity (Wildman–Crippen MR) is 105 cm³/mol. The number of imidazole rings is 1. The summed E-state index contributed by atoms with van der Waals surface area (Å²) < 4.78 is 2.82. The van der Waals surface area contributed by atoms with Crippen LogP contribution in [0, 0.1) is 0 Å². The molecule has 1 amide bonds. The van der Waals surface area contributed by atoms with Crippen molar-refractivity contribution in [2.75, 3.05) is 11.9 Å². The molecule has 0 aliphatic heterocycles. The van der Waals surface area contributed by atoms with E-state index in [1.807, 2.05) is 10.8 Å². The zero-order chi connectivity index (χ0) is 18.4. The molecule has 9 heteroatoms. The van der Waals surface area contributed by atoms with Gasteiger partial charge in [-0.2, -0.15) is 0 Å². The molecule has 3 aromatic rings. The van der Waals surface area contributed by atoms with Crippen molar-refractivity contribution in [2.24, 2.45) is 5.73 Å². The summed E-state index contributed by atoms with van der Waals surface area (Å²) in [5, 5.41) is 11.3. The molecule has 136 valence electrons. The van der Waals surface area contributed by atoms with Crippen LogP contribution in [-0.2, 0) is 17.0 Å². The lowest BCUT2D eigenvalue weighted by Crippen LogP contribution is -2.04. The predicted octanol–water partition coefficient (Wildman–Crippen LogP) is 2.87. The zero-order valence-electron chi connectivity index (χ0n) is 14.4. The summed E-state index contributed by atoms with van der Waals surface area (Å²) >= 11 is 3.00. The molecule has 0 bridgehead atoms. The minimum Gasteiger partial charge on any atom is -0.330 e. The number of rotatable bonds is 8. The van der Waals surface area contributed by atoms with E-state index in [-0.39, 0.29) is 5.91 Å². The van der Waals surface area contributed by atoms with Crippen LogP contribution in [0.5, 0.6) is 0 Å². The van der Waals surface area contributed by atoms with Crippen LogP contribution in [0.2, 0.25) is 0 Å². The van der Waals surface area contributed by atoms with Crippen molar-refractivity contribution >= 4 is 34.1 Å². The number of thioether (sulfide) groups is 1. The van der Waals surface area contributed by atoms with E-state index < -0.39 is 0 Å². The Labute approximate surface area is 160 Å². The van der Waals surface area contributed by atoms with Crippen LogP contribution >= 0.6 is 23.1 Å². The molecule has 3 rings (SSSR count). The maximum Gasteiger partial charge on any atom is 0.223 e. The molecule has 3 N–H and O–H groups in total. The first-order valence-electron chi connectivity index (χ1n) is 8.20. The van der Waals surface area contributed by atoms with Crippen LogP contribution in [0.3, 0.4) is 0 Å². The minimum atomic E-state index is -0.142. The normalized spacial score (nSPS) is 10.8. The van der Waals surface area contributed by atoms with Gasteiger partial charge in [-0.05, 0) is 42.6 Å². The molecule has 2 heterocycles. The second kappa shape index (κ2) is 8.93. The maximum absolute atomic E-state index is 11.1. The summed E-state index contributed by atoms with van der Waals surface area (Å²) in [7, 11) is 0. The molecule has 0 atom stereocenters. The first kappa shape index (κ1) is 18.6. The van der Waals surface area contributed by atoms with E-state index in [2.05, 4.69) is 38.7 Å². The second-order valence-corrected chi connectivity index (χ2v) is 7.86. The smallest absolute Gasteiger partial charge is 0.223 e. The Morgan fingerprint density at radius 3 is 2.96 bits per heavy atom. The van der Waals surface area contributed by atoms with Crippen molar-refractivity contribution in [2.45, 2.75) is 29.9 Å². The molecule has 0 saturated carbocycles. The molecule has 1 aromatic carbocycles. The Kier molecular flexibility index (Phi) is 6.37. The van der Waals surface area contributed by atoms with E-state index in [0.717, 1.165) is 28.6 Å². The molecule has 0 aliphatic rings. The SMILES string of the molecule is CC(=O)Nc1nnc(SCc2ccc(-n3ccnc3)cc2CCCN)s1. The van der Waals surface area contributed by atoms with Gasteiger partial charge in [-0.1, -0.05) is 29.2 Å². The van der Waals surface area contributed by atoms with Crippen LogP contribution in [0.15, 0.2) is 41.3 Å². The summed E-state index contributed by atoms with van der Waals surface area (Å²) in [6.45, 7) is 2.12. The Morgan fingerprint density at radius 1 is 1.35 bits per heavy atom. The van der Waals surface area contributed by atoms with Crippen LogP contribution in [0.1, 0.15) is 24.5 Å². The van der Waals surface area contributed by atoms with E-state index >= 15 is 0 Å². The molecule has 0 radical (unpaired) electrons. The standard InChI is InChI=1S/C17H20N6OS2/c1-12(24)20-16-21-22-17(26-16)25-10-14-4-5-15(23-8-7-19-11-23)9-13(14)3-2-6-18/h4-5,7-9,11H,2-3,6,10,18H2,1H3,(H,20,21,24). The van der Waals surface area contributed by atoms with Crippen LogP contribution in [-0.4, -0.2) is 32.2 Å². The molecule has 0 saturated heterocycles. The van der Waals surface area contributed by atoms with Gasteiger partial charge in [0.05, 0.1) is 6.33 Å². The lowest BCUT2D eigenvalue weighted by Gasteiger charge is -2.11. The summed E-state index contributed by atoms with van der Waals surface area (Å²) in [6, 6.07) is 6.42. The summed E-state index contributed by atoms with van der Waals surface area (Å²) in [6.07, 6.45) is 7.37. The van der Waals surface area contributed by atoms with Crippen molar-refractivity contribution in [3.8, 4) is 5.69 Å². The number of aromatic nitrogens is 4. The highest BCUT2D eigenvalue weighted by molar-refractivity contribution is 8.00. The largest absolute Gasteiger partial charge is 0.330 e. The van der Waals surface area contributed by atoms with Gasteiger partial charge >= 0.3 is 0 Å². The number of hydrogen-bond donors (Lipinski definition) is 2. The number of carbonyl (C=O) groups excluding carboxylic acids is 1. The summed E-state index contributed by atoms with van der Waals surface area (Å²) in [5.41, 5.74) is 9.32. The van der Waals surface area contributed by atoms with Gasteiger partial charge in [0.25, 0.3) is 0 Å². The fraction of sp³-hybridized carbons (Fsp3) is 0.294. The van der Waals surface area contributed by atoms with E-state index in [9.17, 15) is 4.79 Å². The van der Waals surface area contributed by atoms with Gasteiger partial charge in [0.2, 0.25) is 11.0 Å². The number of nitrogens with zero attached hydrogens (tertiary/aromatic N) is 4. The number of carbonyl (C=O) groups is 1. The van der Waals surface area contributed by atoms with Gasteiger partial charge in [-0.3, -0.25) is 4.79 Å². The monoisotopic (exact) mass is 388 g/mol. The molecule has 0 unspecified atom stereocenters. The molecule has 0 spiro atoms. The van der Waals surface area contributed by atoms with Crippen molar-refractivity contribution < 1.29 is 4.79 Å². The zero-order valence-corrected chi connectivity index (χ0v) is 16.0. The Hall–Kier alpha value is -2.23. The fourth-order valence-corrected chi connectivity index (χ4v) is 4.29. The third kappa shape index (κ3) is 4.90. The number of aryl methyl sites for hydroxylation is 1. The van der Waals surface area contributed by atoms with Crippen molar-refractivity contribution in [1.29, 1.82) is 0 Å².